The summed E-state index contributed by atoms with van der Waals surface area (Å²) in [6.45, 7) is 8.48. The second-order valence-corrected chi connectivity index (χ2v) is 11.0. The molecule has 0 aromatic heterocycles. The smallest absolute Gasteiger partial charge is 0.244 e. The summed E-state index contributed by atoms with van der Waals surface area (Å²) in [6, 6.07) is 14.1. The van der Waals surface area contributed by atoms with E-state index in [1.807, 2.05) is 44.2 Å². The Morgan fingerprint density at radius 3 is 2.46 bits per heavy atom. The second kappa shape index (κ2) is 11.8. The Labute approximate surface area is 229 Å². The summed E-state index contributed by atoms with van der Waals surface area (Å²) in [5.41, 5.74) is 5.57. The van der Waals surface area contributed by atoms with Gasteiger partial charge in [-0.3, -0.25) is 9.69 Å². The van der Waals surface area contributed by atoms with Crippen molar-refractivity contribution in [2.45, 2.75) is 20.4 Å². The highest BCUT2D eigenvalue weighted by molar-refractivity contribution is 6.55. The number of anilines is 1. The zero-order chi connectivity index (χ0) is 26.6. The van der Waals surface area contributed by atoms with Crippen LogP contribution in [-0.2, 0) is 11.3 Å². The number of nitrogens with one attached hydrogen (secondary N) is 1. The molecule has 1 amide bonds. The van der Waals surface area contributed by atoms with Crippen molar-refractivity contribution in [2.24, 2.45) is 22.4 Å². The molecule has 0 unspecified atom stereocenters. The molecule has 1 aliphatic heterocycles. The molecule has 0 bridgehead atoms. The van der Waals surface area contributed by atoms with Crippen LogP contribution in [0.3, 0.4) is 0 Å². The Morgan fingerprint density at radius 2 is 1.78 bits per heavy atom. The zero-order valence-corrected chi connectivity index (χ0v) is 23.2. The standard InChI is InChI=1S/C28H34Cl2N4O3/c1-28(2)21(16-25(29)30)26(28)27(35)32-31-17-19-9-10-23(36-3)20(15-19)18-33-11-13-34(14-12-33)22-7-5-6-8-24(22)37-4/h5-10,15-17,21,26H,11-14,18H2,1-4H3,(H,32,35)/t21-,26+/m0/s1. The van der Waals surface area contributed by atoms with Crippen molar-refractivity contribution in [1.82, 2.24) is 10.3 Å². The number of carbonyl (C=O) groups is 1. The lowest BCUT2D eigenvalue weighted by molar-refractivity contribution is -0.123. The third-order valence-electron chi connectivity index (χ3n) is 7.38. The minimum atomic E-state index is -0.210. The first-order valence-electron chi connectivity index (χ1n) is 12.4. The van der Waals surface area contributed by atoms with Crippen LogP contribution in [-0.4, -0.2) is 57.4 Å². The molecule has 9 heteroatoms. The lowest BCUT2D eigenvalue weighted by atomic mass is 10.1. The molecule has 37 heavy (non-hydrogen) atoms. The van der Waals surface area contributed by atoms with Crippen molar-refractivity contribution in [3.8, 4) is 11.5 Å². The highest BCUT2D eigenvalue weighted by atomic mass is 35.5. The molecule has 1 aliphatic carbocycles. The van der Waals surface area contributed by atoms with Crippen LogP contribution in [0.15, 0.2) is 58.1 Å². The lowest BCUT2D eigenvalue weighted by Crippen LogP contribution is -2.46. The molecule has 1 saturated carbocycles. The number of hydrogen-bond donors (Lipinski definition) is 1. The van der Waals surface area contributed by atoms with Gasteiger partial charge in [-0.05, 0) is 53.3 Å². The highest BCUT2D eigenvalue weighted by Gasteiger charge is 2.60. The molecule has 1 heterocycles. The molecule has 2 atom stereocenters. The van der Waals surface area contributed by atoms with Gasteiger partial charge in [0.2, 0.25) is 5.91 Å². The Hall–Kier alpha value is -2.74. The maximum Gasteiger partial charge on any atom is 0.244 e. The number of para-hydroxylation sites is 2. The fraction of sp³-hybridized carbons (Fsp3) is 0.429. The fourth-order valence-electron chi connectivity index (χ4n) is 5.15. The van der Waals surface area contributed by atoms with Crippen LogP contribution in [0.5, 0.6) is 11.5 Å². The van der Waals surface area contributed by atoms with E-state index >= 15 is 0 Å². The van der Waals surface area contributed by atoms with E-state index in [-0.39, 0.29) is 27.6 Å². The SMILES string of the molecule is COc1ccc(C=NNC(=O)[C@H]2[C@H](C=C(Cl)Cl)C2(C)C)cc1CN1CCN(c2ccccc2OC)CC1. The van der Waals surface area contributed by atoms with E-state index in [1.54, 1.807) is 26.5 Å². The van der Waals surface area contributed by atoms with Gasteiger partial charge in [-0.1, -0.05) is 49.2 Å². The topological polar surface area (TPSA) is 66.4 Å². The molecule has 0 spiro atoms. The number of benzene rings is 2. The van der Waals surface area contributed by atoms with Crippen molar-refractivity contribution < 1.29 is 14.3 Å². The lowest BCUT2D eigenvalue weighted by Gasteiger charge is -2.36. The number of halogens is 2. The van der Waals surface area contributed by atoms with Crippen molar-refractivity contribution >= 4 is 41.0 Å². The van der Waals surface area contributed by atoms with Gasteiger partial charge in [-0.2, -0.15) is 5.10 Å². The minimum Gasteiger partial charge on any atom is -0.496 e. The molecule has 2 aromatic carbocycles. The number of nitrogens with zero attached hydrogens (tertiary/aromatic N) is 3. The summed E-state index contributed by atoms with van der Waals surface area (Å²) in [4.78, 5) is 17.4. The molecule has 0 radical (unpaired) electrons. The van der Waals surface area contributed by atoms with Gasteiger partial charge < -0.3 is 14.4 Å². The van der Waals surface area contributed by atoms with Gasteiger partial charge >= 0.3 is 0 Å². The van der Waals surface area contributed by atoms with Gasteiger partial charge in [0.1, 0.15) is 16.0 Å². The predicted octanol–water partition coefficient (Wildman–Crippen LogP) is 5.07. The highest BCUT2D eigenvalue weighted by Crippen LogP contribution is 2.59. The zero-order valence-electron chi connectivity index (χ0n) is 21.7. The molecule has 1 saturated heterocycles. The first-order chi connectivity index (χ1) is 17.7. The van der Waals surface area contributed by atoms with Gasteiger partial charge in [0, 0.05) is 38.3 Å². The maximum absolute atomic E-state index is 12.6. The molecule has 2 aliphatic rings. The number of ether oxygens (including phenoxy) is 2. The molecular formula is C28H34Cl2N4O3. The Morgan fingerprint density at radius 1 is 1.08 bits per heavy atom. The Kier molecular flexibility index (Phi) is 8.67. The van der Waals surface area contributed by atoms with Gasteiger partial charge in [-0.25, -0.2) is 5.43 Å². The quantitative estimate of drug-likeness (QED) is 0.352. The van der Waals surface area contributed by atoms with Crippen LogP contribution >= 0.6 is 23.2 Å². The van der Waals surface area contributed by atoms with E-state index in [0.717, 1.165) is 61.0 Å². The summed E-state index contributed by atoms with van der Waals surface area (Å²) in [5, 5.41) is 4.20. The van der Waals surface area contributed by atoms with E-state index in [1.165, 1.54) is 0 Å². The van der Waals surface area contributed by atoms with Gasteiger partial charge in [0.05, 0.1) is 32.0 Å². The number of amides is 1. The van der Waals surface area contributed by atoms with E-state index < -0.39 is 0 Å². The molecule has 7 nitrogen and oxygen atoms in total. The normalized spacial score (nSPS) is 21.0. The van der Waals surface area contributed by atoms with Crippen LogP contribution in [0.2, 0.25) is 0 Å². The molecule has 198 valence electrons. The van der Waals surface area contributed by atoms with E-state index in [2.05, 4.69) is 32.5 Å². The molecule has 4 rings (SSSR count). The number of rotatable bonds is 9. The van der Waals surface area contributed by atoms with Crippen molar-refractivity contribution in [3.05, 3.63) is 64.2 Å². The summed E-state index contributed by atoms with van der Waals surface area (Å²) in [7, 11) is 3.39. The van der Waals surface area contributed by atoms with Crippen molar-refractivity contribution in [2.75, 3.05) is 45.3 Å². The summed E-state index contributed by atoms with van der Waals surface area (Å²) < 4.78 is 11.3. The van der Waals surface area contributed by atoms with Crippen LogP contribution in [0.1, 0.15) is 25.0 Å². The maximum atomic E-state index is 12.6. The van der Waals surface area contributed by atoms with Crippen molar-refractivity contribution in [1.29, 1.82) is 0 Å². The number of piperazine rings is 1. The van der Waals surface area contributed by atoms with Gasteiger partial charge in [0.15, 0.2) is 0 Å². The summed E-state index contributed by atoms with van der Waals surface area (Å²) in [6.07, 6.45) is 3.39. The summed E-state index contributed by atoms with van der Waals surface area (Å²) >= 11 is 11.6. The number of hydrogen-bond acceptors (Lipinski definition) is 6. The minimum absolute atomic E-state index is 0.00346. The largest absolute Gasteiger partial charge is 0.496 e. The average molecular weight is 546 g/mol. The van der Waals surface area contributed by atoms with Gasteiger partial charge in [-0.15, -0.1) is 0 Å². The second-order valence-electron chi connectivity index (χ2n) is 10.0. The van der Waals surface area contributed by atoms with Crippen molar-refractivity contribution in [3.63, 3.8) is 0 Å². The monoisotopic (exact) mass is 544 g/mol. The molecule has 2 fully saturated rings. The molecular weight excluding hydrogens is 511 g/mol. The first-order valence-corrected chi connectivity index (χ1v) is 13.1. The van der Waals surface area contributed by atoms with Crippen LogP contribution in [0, 0.1) is 17.3 Å². The Bertz CT molecular complexity index is 1170. The van der Waals surface area contributed by atoms with Crippen LogP contribution < -0.4 is 19.8 Å². The number of methoxy groups -OCH3 is 2. The number of hydrazone groups is 1. The molecule has 2 aromatic rings. The third-order valence-corrected chi connectivity index (χ3v) is 7.64. The summed E-state index contributed by atoms with van der Waals surface area (Å²) in [5.74, 6) is 1.39. The number of allylic oxidation sites excluding steroid dienone is 1. The fourth-order valence-corrected chi connectivity index (χ4v) is 5.42. The third kappa shape index (κ3) is 6.40. The van der Waals surface area contributed by atoms with E-state index in [4.69, 9.17) is 32.7 Å². The van der Waals surface area contributed by atoms with Gasteiger partial charge in [0.25, 0.3) is 0 Å². The van der Waals surface area contributed by atoms with Crippen LogP contribution in [0.4, 0.5) is 5.69 Å². The number of carbonyl (C=O) groups excluding carboxylic acids is 1. The first kappa shape index (κ1) is 27.3. The van der Waals surface area contributed by atoms with Crippen LogP contribution in [0.25, 0.3) is 0 Å². The van der Waals surface area contributed by atoms with E-state index in [0.29, 0.717) is 0 Å². The molecule has 1 N–H and O–H groups in total. The average Bonchev–Trinajstić information content (AvgIpc) is 3.43. The Balaban J connectivity index is 1.35. The van der Waals surface area contributed by atoms with E-state index in [9.17, 15) is 4.79 Å². The predicted molar refractivity (Wildman–Crippen MR) is 150 cm³/mol.